The number of hydrogen-bond acceptors (Lipinski definition) is 4. The van der Waals surface area contributed by atoms with Crippen molar-refractivity contribution >= 4 is 17.5 Å². The van der Waals surface area contributed by atoms with Crippen LogP contribution in [0.5, 0.6) is 0 Å². The van der Waals surface area contributed by atoms with Crippen LogP contribution in [0, 0.1) is 0 Å². The van der Waals surface area contributed by atoms with Crippen LogP contribution < -0.4 is 0 Å². The molecule has 27 heavy (non-hydrogen) atoms. The summed E-state index contributed by atoms with van der Waals surface area (Å²) in [6, 6.07) is 7.67. The van der Waals surface area contributed by atoms with Crippen LogP contribution in [0.2, 0.25) is 5.02 Å². The minimum absolute atomic E-state index is 0.243. The summed E-state index contributed by atoms with van der Waals surface area (Å²) < 4.78 is 0. The normalized spacial score (nSPS) is 20.8. The molecule has 2 saturated heterocycles. The van der Waals surface area contributed by atoms with Crippen LogP contribution in [0.4, 0.5) is 0 Å². The van der Waals surface area contributed by atoms with Crippen LogP contribution in [-0.4, -0.2) is 58.4 Å². The van der Waals surface area contributed by atoms with Crippen molar-refractivity contribution in [3.63, 3.8) is 0 Å². The van der Waals surface area contributed by atoms with E-state index in [4.69, 9.17) is 16.6 Å². The van der Waals surface area contributed by atoms with Crippen molar-refractivity contribution in [3.05, 3.63) is 47.4 Å². The van der Waals surface area contributed by atoms with Crippen LogP contribution in [-0.2, 0) is 4.79 Å². The van der Waals surface area contributed by atoms with Gasteiger partial charge in [-0.3, -0.25) is 14.7 Å². The number of piperidine rings is 1. The predicted molar refractivity (Wildman–Crippen MR) is 107 cm³/mol. The van der Waals surface area contributed by atoms with Gasteiger partial charge >= 0.3 is 0 Å². The molecule has 2 aromatic rings. The van der Waals surface area contributed by atoms with E-state index < -0.39 is 0 Å². The third-order valence-corrected chi connectivity index (χ3v) is 5.76. The van der Waals surface area contributed by atoms with Crippen molar-refractivity contribution in [2.45, 2.75) is 31.6 Å². The molecule has 0 spiro atoms. The summed E-state index contributed by atoms with van der Waals surface area (Å²) in [5.41, 5.74) is 2.76. The molecule has 0 N–H and O–H groups in total. The molecule has 6 heteroatoms. The Morgan fingerprint density at radius 3 is 2.81 bits per heavy atom. The lowest BCUT2D eigenvalue weighted by Crippen LogP contribution is -2.44. The Kier molecular flexibility index (Phi) is 5.69. The first-order valence-corrected chi connectivity index (χ1v) is 10.1. The Morgan fingerprint density at radius 2 is 2.00 bits per heavy atom. The van der Waals surface area contributed by atoms with E-state index in [2.05, 4.69) is 9.88 Å². The first-order valence-electron chi connectivity index (χ1n) is 9.77. The van der Waals surface area contributed by atoms with Crippen LogP contribution in [0.25, 0.3) is 11.3 Å². The molecule has 0 saturated carbocycles. The fourth-order valence-corrected chi connectivity index (χ4v) is 4.23. The van der Waals surface area contributed by atoms with Crippen LogP contribution in [0.15, 0.2) is 36.7 Å². The zero-order valence-electron chi connectivity index (χ0n) is 15.5. The highest BCUT2D eigenvalue weighted by Crippen LogP contribution is 2.28. The van der Waals surface area contributed by atoms with E-state index in [1.807, 2.05) is 35.4 Å². The molecule has 0 aliphatic carbocycles. The van der Waals surface area contributed by atoms with E-state index in [1.165, 1.54) is 12.8 Å². The molecule has 1 aromatic carbocycles. The summed E-state index contributed by atoms with van der Waals surface area (Å²) >= 11 is 6.11. The molecule has 142 valence electrons. The number of hydrogen-bond donors (Lipinski definition) is 0. The van der Waals surface area contributed by atoms with E-state index >= 15 is 0 Å². The van der Waals surface area contributed by atoms with Crippen molar-refractivity contribution in [1.82, 2.24) is 19.8 Å². The average Bonchev–Trinajstić information content (AvgIpc) is 3.21. The van der Waals surface area contributed by atoms with E-state index in [0.29, 0.717) is 11.6 Å². The quantitative estimate of drug-likeness (QED) is 0.808. The number of aromatic nitrogens is 2. The third-order valence-electron chi connectivity index (χ3n) is 5.52. The maximum atomic E-state index is 12.7. The number of benzene rings is 1. The van der Waals surface area contributed by atoms with Crippen LogP contribution >= 0.6 is 11.6 Å². The fraction of sp³-hybridized carbons (Fsp3) is 0.476. The van der Waals surface area contributed by atoms with Crippen molar-refractivity contribution in [1.29, 1.82) is 0 Å². The summed E-state index contributed by atoms with van der Waals surface area (Å²) in [6.07, 6.45) is 8.09. The minimum Gasteiger partial charge on any atom is -0.341 e. The van der Waals surface area contributed by atoms with Crippen molar-refractivity contribution in [3.8, 4) is 11.3 Å². The highest BCUT2D eigenvalue weighted by atomic mass is 35.5. The predicted octanol–water partition coefficient (Wildman–Crippen LogP) is 3.60. The molecule has 2 aliphatic heterocycles. The standard InChI is InChI=1S/C21H25ClN4O/c22-18-7-3-5-16(11-18)19-12-23-13-20(24-19)17-6-4-10-26(14-17)21(27)15-25-8-1-2-9-25/h3,5,7,11-13,17H,1-2,4,6,8-10,14-15H2/t17-/m1/s1. The molecule has 4 rings (SSSR count). The Bertz CT molecular complexity index is 806. The summed E-state index contributed by atoms with van der Waals surface area (Å²) in [6.45, 7) is 4.25. The first-order chi connectivity index (χ1) is 13.2. The SMILES string of the molecule is O=C(CN1CCCC1)N1CCC[C@@H](c2cncc(-c3cccc(Cl)c3)n2)C1. The van der Waals surface area contributed by atoms with E-state index in [-0.39, 0.29) is 11.8 Å². The number of halogens is 1. The van der Waals surface area contributed by atoms with Gasteiger partial charge in [0.25, 0.3) is 0 Å². The lowest BCUT2D eigenvalue weighted by Gasteiger charge is -2.33. The molecule has 0 bridgehead atoms. The second kappa shape index (κ2) is 8.36. The molecular weight excluding hydrogens is 360 g/mol. The summed E-state index contributed by atoms with van der Waals surface area (Å²) in [7, 11) is 0. The Balaban J connectivity index is 1.46. The van der Waals surface area contributed by atoms with Gasteiger partial charge in [0.15, 0.2) is 0 Å². The molecule has 2 fully saturated rings. The lowest BCUT2D eigenvalue weighted by atomic mass is 9.94. The Hall–Kier alpha value is -1.98. The molecule has 1 atom stereocenters. The number of carbonyl (C=O) groups excluding carboxylic acids is 1. The lowest BCUT2D eigenvalue weighted by molar-refractivity contribution is -0.133. The van der Waals surface area contributed by atoms with E-state index in [9.17, 15) is 4.79 Å². The number of rotatable bonds is 4. The Labute approximate surface area is 165 Å². The second-order valence-corrected chi connectivity index (χ2v) is 7.94. The zero-order chi connectivity index (χ0) is 18.6. The maximum absolute atomic E-state index is 12.7. The number of carbonyl (C=O) groups is 1. The van der Waals surface area contributed by atoms with Gasteiger partial charge in [0, 0.05) is 35.8 Å². The fourth-order valence-electron chi connectivity index (χ4n) is 4.04. The molecule has 2 aliphatic rings. The first kappa shape index (κ1) is 18.4. The van der Waals surface area contributed by atoms with Gasteiger partial charge in [0.1, 0.15) is 0 Å². The number of nitrogens with zero attached hydrogens (tertiary/aromatic N) is 4. The van der Waals surface area contributed by atoms with Gasteiger partial charge < -0.3 is 4.90 Å². The van der Waals surface area contributed by atoms with Crippen molar-refractivity contribution in [2.75, 3.05) is 32.7 Å². The topological polar surface area (TPSA) is 49.3 Å². The smallest absolute Gasteiger partial charge is 0.236 e. The van der Waals surface area contributed by atoms with Crippen LogP contribution in [0.1, 0.15) is 37.3 Å². The molecule has 3 heterocycles. The number of amides is 1. The van der Waals surface area contributed by atoms with Gasteiger partial charge in [-0.1, -0.05) is 23.7 Å². The van der Waals surface area contributed by atoms with Crippen LogP contribution in [0.3, 0.4) is 0 Å². The molecule has 0 unspecified atom stereocenters. The van der Waals surface area contributed by atoms with Crippen molar-refractivity contribution in [2.24, 2.45) is 0 Å². The Morgan fingerprint density at radius 1 is 1.15 bits per heavy atom. The molecule has 1 aromatic heterocycles. The summed E-state index contributed by atoms with van der Waals surface area (Å²) in [5, 5.41) is 0.691. The third kappa shape index (κ3) is 4.47. The minimum atomic E-state index is 0.243. The molecule has 5 nitrogen and oxygen atoms in total. The van der Waals surface area contributed by atoms with Gasteiger partial charge in [0.05, 0.1) is 24.1 Å². The molecule has 0 radical (unpaired) electrons. The summed E-state index contributed by atoms with van der Waals surface area (Å²) in [5.74, 6) is 0.494. The van der Waals surface area contributed by atoms with Gasteiger partial charge in [-0.15, -0.1) is 0 Å². The van der Waals surface area contributed by atoms with Gasteiger partial charge in [0.2, 0.25) is 5.91 Å². The zero-order valence-corrected chi connectivity index (χ0v) is 16.2. The van der Waals surface area contributed by atoms with E-state index in [0.717, 1.165) is 56.0 Å². The average molecular weight is 385 g/mol. The van der Waals surface area contributed by atoms with Gasteiger partial charge in [-0.2, -0.15) is 0 Å². The van der Waals surface area contributed by atoms with Gasteiger partial charge in [-0.05, 0) is 50.9 Å². The van der Waals surface area contributed by atoms with Crippen molar-refractivity contribution < 1.29 is 4.79 Å². The highest BCUT2D eigenvalue weighted by molar-refractivity contribution is 6.30. The second-order valence-electron chi connectivity index (χ2n) is 7.50. The summed E-state index contributed by atoms with van der Waals surface area (Å²) in [4.78, 5) is 26.2. The monoisotopic (exact) mass is 384 g/mol. The number of likely N-dealkylation sites (tertiary alicyclic amines) is 2. The highest BCUT2D eigenvalue weighted by Gasteiger charge is 2.27. The maximum Gasteiger partial charge on any atom is 0.236 e. The largest absolute Gasteiger partial charge is 0.341 e. The van der Waals surface area contributed by atoms with Gasteiger partial charge in [-0.25, -0.2) is 4.98 Å². The molecular formula is C21H25ClN4O. The molecule has 1 amide bonds. The van der Waals surface area contributed by atoms with E-state index in [1.54, 1.807) is 6.20 Å².